The van der Waals surface area contributed by atoms with Gasteiger partial charge < -0.3 is 5.11 Å². The molecule has 1 aromatic carbocycles. The maximum Gasteiger partial charge on any atom is 0.255 e. The number of nitrogens with two attached hydrogens (primary N) is 1. The number of piperazine rings is 1. The smallest absolute Gasteiger partial charge is 0.255 e. The van der Waals surface area contributed by atoms with Gasteiger partial charge in [-0.1, -0.05) is 30.3 Å². The zero-order chi connectivity index (χ0) is 14.4. The monoisotopic (exact) mass is 278 g/mol. The molecule has 1 amide bonds. The van der Waals surface area contributed by atoms with Crippen molar-refractivity contribution in [1.82, 2.24) is 15.2 Å². The van der Waals surface area contributed by atoms with E-state index in [-0.39, 0.29) is 18.6 Å². The van der Waals surface area contributed by atoms with Crippen molar-refractivity contribution in [1.29, 1.82) is 0 Å². The summed E-state index contributed by atoms with van der Waals surface area (Å²) in [6, 6.07) is 9.32. The van der Waals surface area contributed by atoms with Gasteiger partial charge >= 0.3 is 0 Å². The van der Waals surface area contributed by atoms with Crippen LogP contribution in [-0.4, -0.2) is 60.1 Å². The summed E-state index contributed by atoms with van der Waals surface area (Å²) in [5.74, 6) is 5.13. The minimum Gasteiger partial charge on any atom is -0.395 e. The van der Waals surface area contributed by atoms with Gasteiger partial charge in [0, 0.05) is 32.7 Å². The van der Waals surface area contributed by atoms with Gasteiger partial charge in [0.1, 0.15) is 6.04 Å². The van der Waals surface area contributed by atoms with Gasteiger partial charge in [0.15, 0.2) is 0 Å². The number of β-amino-alcohol motifs (C(OH)–C–C–N with tert-alkyl or cyclic N) is 1. The Labute approximate surface area is 119 Å². The lowest BCUT2D eigenvalue weighted by molar-refractivity contribution is -0.127. The normalized spacial score (nSPS) is 18.7. The lowest BCUT2D eigenvalue weighted by Gasteiger charge is -2.38. The van der Waals surface area contributed by atoms with Crippen molar-refractivity contribution < 1.29 is 9.90 Å². The van der Waals surface area contributed by atoms with E-state index in [9.17, 15) is 4.79 Å². The van der Waals surface area contributed by atoms with Gasteiger partial charge in [-0.25, -0.2) is 5.84 Å². The number of nitrogens with zero attached hydrogens (tertiary/aromatic N) is 2. The second-order valence-electron chi connectivity index (χ2n) is 4.92. The Kier molecular flexibility index (Phi) is 5.49. The molecular formula is C14H22N4O2. The summed E-state index contributed by atoms with van der Waals surface area (Å²) in [6.45, 7) is 4.13. The van der Waals surface area contributed by atoms with Crippen LogP contribution in [0.4, 0.5) is 0 Å². The van der Waals surface area contributed by atoms with Crippen LogP contribution in [0, 0.1) is 0 Å². The van der Waals surface area contributed by atoms with Crippen LogP contribution in [0.25, 0.3) is 0 Å². The van der Waals surface area contributed by atoms with Crippen LogP contribution in [-0.2, 0) is 4.79 Å². The first-order valence-electron chi connectivity index (χ1n) is 6.89. The number of aliphatic hydroxyl groups excluding tert-OH is 1. The maximum atomic E-state index is 12.1. The second kappa shape index (κ2) is 7.35. The number of hydrogen-bond acceptors (Lipinski definition) is 5. The van der Waals surface area contributed by atoms with E-state index in [0.717, 1.165) is 31.7 Å². The maximum absolute atomic E-state index is 12.1. The molecule has 1 atom stereocenters. The van der Waals surface area contributed by atoms with Gasteiger partial charge in [0.25, 0.3) is 5.91 Å². The zero-order valence-corrected chi connectivity index (χ0v) is 11.5. The Morgan fingerprint density at radius 2 is 1.90 bits per heavy atom. The average Bonchev–Trinajstić information content (AvgIpc) is 2.50. The number of benzene rings is 1. The molecule has 0 bridgehead atoms. The Morgan fingerprint density at radius 3 is 2.45 bits per heavy atom. The fraction of sp³-hybridized carbons (Fsp3) is 0.500. The summed E-state index contributed by atoms with van der Waals surface area (Å²) in [4.78, 5) is 16.4. The number of hydrogen-bond donors (Lipinski definition) is 3. The van der Waals surface area contributed by atoms with E-state index in [1.165, 1.54) is 0 Å². The molecule has 1 aromatic rings. The molecule has 6 nitrogen and oxygen atoms in total. The molecule has 0 aliphatic carbocycles. The second-order valence-corrected chi connectivity index (χ2v) is 4.92. The number of aliphatic hydroxyl groups is 1. The Bertz CT molecular complexity index is 418. The van der Waals surface area contributed by atoms with E-state index in [4.69, 9.17) is 10.9 Å². The number of amides is 1. The number of nitrogens with one attached hydrogen (secondary N) is 1. The molecule has 4 N–H and O–H groups in total. The predicted octanol–water partition coefficient (Wildman–Crippen LogP) is -0.672. The molecule has 1 saturated heterocycles. The largest absolute Gasteiger partial charge is 0.395 e. The predicted molar refractivity (Wildman–Crippen MR) is 76.6 cm³/mol. The number of hydrazine groups is 1. The van der Waals surface area contributed by atoms with Crippen molar-refractivity contribution >= 4 is 5.91 Å². The van der Waals surface area contributed by atoms with E-state index in [1.807, 2.05) is 30.3 Å². The average molecular weight is 278 g/mol. The Hall–Kier alpha value is -1.47. The van der Waals surface area contributed by atoms with Crippen LogP contribution in [0.15, 0.2) is 30.3 Å². The third-order valence-electron chi connectivity index (χ3n) is 3.69. The molecule has 0 saturated carbocycles. The van der Waals surface area contributed by atoms with Gasteiger partial charge in [-0.2, -0.15) is 0 Å². The van der Waals surface area contributed by atoms with Crippen molar-refractivity contribution in [2.45, 2.75) is 6.04 Å². The molecular weight excluding hydrogens is 256 g/mol. The highest BCUT2D eigenvalue weighted by atomic mass is 16.3. The van der Waals surface area contributed by atoms with Gasteiger partial charge in [0.05, 0.1) is 6.61 Å². The first-order chi connectivity index (χ1) is 9.76. The van der Waals surface area contributed by atoms with E-state index in [0.29, 0.717) is 6.54 Å². The lowest BCUT2D eigenvalue weighted by Crippen LogP contribution is -2.52. The Morgan fingerprint density at radius 1 is 1.25 bits per heavy atom. The van der Waals surface area contributed by atoms with E-state index in [2.05, 4.69) is 15.2 Å². The third-order valence-corrected chi connectivity index (χ3v) is 3.69. The third kappa shape index (κ3) is 3.55. The summed E-state index contributed by atoms with van der Waals surface area (Å²) >= 11 is 0. The van der Waals surface area contributed by atoms with Crippen LogP contribution in [0.1, 0.15) is 11.6 Å². The SMILES string of the molecule is NNC(=O)C(c1ccccc1)N1CCN(CCO)CC1. The fourth-order valence-corrected chi connectivity index (χ4v) is 2.63. The van der Waals surface area contributed by atoms with Crippen LogP contribution in [0.2, 0.25) is 0 Å². The van der Waals surface area contributed by atoms with Crippen molar-refractivity contribution in [3.63, 3.8) is 0 Å². The molecule has 1 heterocycles. The fourth-order valence-electron chi connectivity index (χ4n) is 2.63. The van der Waals surface area contributed by atoms with Gasteiger partial charge in [0.2, 0.25) is 0 Å². The summed E-state index contributed by atoms with van der Waals surface area (Å²) in [5.41, 5.74) is 3.21. The highest BCUT2D eigenvalue weighted by molar-refractivity contribution is 5.82. The Balaban J connectivity index is 2.07. The minimum absolute atomic E-state index is 0.172. The van der Waals surface area contributed by atoms with Crippen molar-refractivity contribution in [2.24, 2.45) is 5.84 Å². The number of carbonyl (C=O) groups excluding carboxylic acids is 1. The number of rotatable bonds is 5. The molecule has 0 aromatic heterocycles. The molecule has 6 heteroatoms. The molecule has 2 rings (SSSR count). The highest BCUT2D eigenvalue weighted by Crippen LogP contribution is 2.22. The molecule has 0 radical (unpaired) electrons. The molecule has 1 fully saturated rings. The van der Waals surface area contributed by atoms with Crippen molar-refractivity contribution in [3.8, 4) is 0 Å². The van der Waals surface area contributed by atoms with Gasteiger partial charge in [-0.3, -0.25) is 20.0 Å². The summed E-state index contributed by atoms with van der Waals surface area (Å²) < 4.78 is 0. The molecule has 1 aliphatic heterocycles. The standard InChI is InChI=1S/C14H22N4O2/c15-16-14(20)13(12-4-2-1-3-5-12)18-8-6-17(7-9-18)10-11-19/h1-5,13,19H,6-11,15H2,(H,16,20). The van der Waals surface area contributed by atoms with Crippen LogP contribution in [0.3, 0.4) is 0 Å². The van der Waals surface area contributed by atoms with Gasteiger partial charge in [-0.15, -0.1) is 0 Å². The quantitative estimate of drug-likeness (QED) is 0.378. The molecule has 1 aliphatic rings. The lowest BCUT2D eigenvalue weighted by atomic mass is 10.0. The topological polar surface area (TPSA) is 81.8 Å². The van der Waals surface area contributed by atoms with Crippen molar-refractivity contribution in [3.05, 3.63) is 35.9 Å². The highest BCUT2D eigenvalue weighted by Gasteiger charge is 2.29. The van der Waals surface area contributed by atoms with E-state index < -0.39 is 0 Å². The zero-order valence-electron chi connectivity index (χ0n) is 11.5. The molecule has 1 unspecified atom stereocenters. The first-order valence-corrected chi connectivity index (χ1v) is 6.89. The molecule has 20 heavy (non-hydrogen) atoms. The van der Waals surface area contributed by atoms with E-state index in [1.54, 1.807) is 0 Å². The summed E-state index contributed by atoms with van der Waals surface area (Å²) in [7, 11) is 0. The van der Waals surface area contributed by atoms with Crippen molar-refractivity contribution in [2.75, 3.05) is 39.3 Å². The summed E-state index contributed by atoms with van der Waals surface area (Å²) in [6.07, 6.45) is 0. The van der Waals surface area contributed by atoms with E-state index >= 15 is 0 Å². The first kappa shape index (κ1) is 14.9. The van der Waals surface area contributed by atoms with Gasteiger partial charge in [-0.05, 0) is 5.56 Å². The summed E-state index contributed by atoms with van der Waals surface area (Å²) in [5, 5.41) is 8.96. The minimum atomic E-state index is -0.350. The van der Waals surface area contributed by atoms with Crippen LogP contribution in [0.5, 0.6) is 0 Å². The molecule has 0 spiro atoms. The number of carbonyl (C=O) groups is 1. The molecule has 110 valence electrons. The van der Waals surface area contributed by atoms with Crippen LogP contribution >= 0.6 is 0 Å². The van der Waals surface area contributed by atoms with Crippen LogP contribution < -0.4 is 11.3 Å².